The Balaban J connectivity index is 2.03. The first-order valence-corrected chi connectivity index (χ1v) is 7.21. The first kappa shape index (κ1) is 14.4. The minimum absolute atomic E-state index is 0.0118. The topological polar surface area (TPSA) is 30.7 Å². The predicted octanol–water partition coefficient (Wildman–Crippen LogP) is 4.37. The van der Waals surface area contributed by atoms with E-state index < -0.39 is 0 Å². The molecule has 0 spiro atoms. The second-order valence-corrected chi connectivity index (χ2v) is 6.29. The van der Waals surface area contributed by atoms with Crippen molar-refractivity contribution >= 4 is 0 Å². The Morgan fingerprint density at radius 3 is 2.41 bits per heavy atom. The number of rotatable bonds is 2. The molecule has 0 unspecified atom stereocenters. The average Bonchev–Trinajstić information content (AvgIpc) is 2.97. The first-order valence-electron chi connectivity index (χ1n) is 7.21. The van der Waals surface area contributed by atoms with Gasteiger partial charge in [-0.15, -0.1) is 0 Å². The molecule has 0 fully saturated rings. The lowest BCUT2D eigenvalue weighted by Crippen LogP contribution is -2.13. The Morgan fingerprint density at radius 1 is 1.00 bits per heavy atom. The second-order valence-electron chi connectivity index (χ2n) is 6.29. The summed E-state index contributed by atoms with van der Waals surface area (Å²) in [5, 5.41) is 4.61. The van der Waals surface area contributed by atoms with Gasteiger partial charge in [-0.1, -0.05) is 20.8 Å². The molecule has 3 aromatic rings. The van der Waals surface area contributed by atoms with Crippen LogP contribution < -0.4 is 0 Å². The number of pyridine rings is 1. The molecule has 0 aliphatic heterocycles. The zero-order chi connectivity index (χ0) is 15.7. The molecule has 3 rings (SSSR count). The highest BCUT2D eigenvalue weighted by Gasteiger charge is 2.19. The van der Waals surface area contributed by atoms with Crippen LogP contribution in [0.25, 0.3) is 16.9 Å². The molecule has 3 nitrogen and oxygen atoms in total. The van der Waals surface area contributed by atoms with Crippen LogP contribution in [0.4, 0.5) is 4.39 Å². The van der Waals surface area contributed by atoms with E-state index in [1.165, 1.54) is 17.7 Å². The van der Waals surface area contributed by atoms with Gasteiger partial charge in [0.15, 0.2) is 0 Å². The smallest absolute Gasteiger partial charge is 0.123 e. The van der Waals surface area contributed by atoms with Crippen LogP contribution in [0.15, 0.2) is 55.0 Å². The number of aromatic nitrogens is 3. The molecule has 0 aliphatic carbocycles. The normalized spacial score (nSPS) is 11.6. The lowest BCUT2D eigenvalue weighted by Gasteiger charge is -2.21. The monoisotopic (exact) mass is 295 g/mol. The van der Waals surface area contributed by atoms with Crippen molar-refractivity contribution in [3.05, 3.63) is 66.4 Å². The van der Waals surface area contributed by atoms with Crippen LogP contribution in [0.5, 0.6) is 0 Å². The van der Waals surface area contributed by atoms with Crippen LogP contribution in [-0.4, -0.2) is 14.8 Å². The fraction of sp³-hybridized carbons (Fsp3) is 0.222. The molecule has 22 heavy (non-hydrogen) atoms. The Bertz CT molecular complexity index is 783. The van der Waals surface area contributed by atoms with Crippen molar-refractivity contribution in [1.82, 2.24) is 14.8 Å². The quantitative estimate of drug-likeness (QED) is 0.703. The molecule has 0 radical (unpaired) electrons. The van der Waals surface area contributed by atoms with Crippen molar-refractivity contribution in [2.45, 2.75) is 26.2 Å². The van der Waals surface area contributed by atoms with Crippen LogP contribution in [0.2, 0.25) is 0 Å². The third-order valence-electron chi connectivity index (χ3n) is 3.59. The molecule has 0 saturated heterocycles. The Morgan fingerprint density at radius 2 is 1.73 bits per heavy atom. The van der Waals surface area contributed by atoms with E-state index in [9.17, 15) is 4.39 Å². The molecule has 112 valence electrons. The SMILES string of the molecule is CC(C)(C)c1ccncc1-c1ccn(-c2ccc(F)cc2)n1. The summed E-state index contributed by atoms with van der Waals surface area (Å²) < 4.78 is 14.8. The molecule has 0 aliphatic rings. The van der Waals surface area contributed by atoms with E-state index in [1.807, 2.05) is 24.5 Å². The van der Waals surface area contributed by atoms with Crippen molar-refractivity contribution in [1.29, 1.82) is 0 Å². The minimum Gasteiger partial charge on any atom is -0.264 e. The van der Waals surface area contributed by atoms with Crippen molar-refractivity contribution in [3.63, 3.8) is 0 Å². The Kier molecular flexibility index (Phi) is 3.53. The molecule has 0 atom stereocenters. The Hall–Kier alpha value is -2.49. The molecule has 2 heterocycles. The molecule has 0 amide bonds. The minimum atomic E-state index is -0.251. The van der Waals surface area contributed by atoms with E-state index in [0.717, 1.165) is 16.9 Å². The molecule has 1 aromatic carbocycles. The maximum absolute atomic E-state index is 13.0. The van der Waals surface area contributed by atoms with E-state index in [0.29, 0.717) is 0 Å². The number of benzene rings is 1. The number of halogens is 1. The average molecular weight is 295 g/mol. The van der Waals surface area contributed by atoms with Crippen molar-refractivity contribution < 1.29 is 4.39 Å². The van der Waals surface area contributed by atoms with Gasteiger partial charge in [-0.3, -0.25) is 4.98 Å². The first-order chi connectivity index (χ1) is 10.4. The van der Waals surface area contributed by atoms with Crippen LogP contribution in [0.1, 0.15) is 26.3 Å². The van der Waals surface area contributed by atoms with Gasteiger partial charge in [0.25, 0.3) is 0 Å². The van der Waals surface area contributed by atoms with Gasteiger partial charge in [-0.2, -0.15) is 5.10 Å². The molecule has 0 N–H and O–H groups in total. The van der Waals surface area contributed by atoms with Crippen LogP contribution in [0, 0.1) is 5.82 Å². The molecular weight excluding hydrogens is 277 g/mol. The molecule has 0 bridgehead atoms. The summed E-state index contributed by atoms with van der Waals surface area (Å²) in [5.74, 6) is -0.251. The van der Waals surface area contributed by atoms with Gasteiger partial charge in [0, 0.05) is 24.2 Å². The summed E-state index contributed by atoms with van der Waals surface area (Å²) in [6, 6.07) is 10.3. The largest absolute Gasteiger partial charge is 0.264 e. The zero-order valence-corrected chi connectivity index (χ0v) is 12.9. The van der Waals surface area contributed by atoms with E-state index in [2.05, 4.69) is 30.9 Å². The van der Waals surface area contributed by atoms with E-state index in [-0.39, 0.29) is 11.2 Å². The van der Waals surface area contributed by atoms with Crippen molar-refractivity contribution in [3.8, 4) is 16.9 Å². The van der Waals surface area contributed by atoms with Gasteiger partial charge in [0.2, 0.25) is 0 Å². The maximum atomic E-state index is 13.0. The van der Waals surface area contributed by atoms with Crippen LogP contribution in [-0.2, 0) is 5.41 Å². The van der Waals surface area contributed by atoms with Crippen molar-refractivity contribution in [2.75, 3.05) is 0 Å². The lowest BCUT2D eigenvalue weighted by molar-refractivity contribution is 0.590. The fourth-order valence-corrected chi connectivity index (χ4v) is 2.46. The lowest BCUT2D eigenvalue weighted by atomic mass is 9.84. The van der Waals surface area contributed by atoms with Gasteiger partial charge in [0.1, 0.15) is 5.82 Å². The predicted molar refractivity (Wildman–Crippen MR) is 85.5 cm³/mol. The van der Waals surface area contributed by atoms with Gasteiger partial charge in [-0.05, 0) is 47.4 Å². The molecule has 2 aromatic heterocycles. The highest BCUT2D eigenvalue weighted by Crippen LogP contribution is 2.31. The summed E-state index contributed by atoms with van der Waals surface area (Å²) >= 11 is 0. The standard InChI is InChI=1S/C18H18FN3/c1-18(2,3)16-8-10-20-12-15(16)17-9-11-22(21-17)14-6-4-13(19)5-7-14/h4-12H,1-3H3. The maximum Gasteiger partial charge on any atom is 0.123 e. The van der Waals surface area contributed by atoms with Crippen LogP contribution >= 0.6 is 0 Å². The summed E-state index contributed by atoms with van der Waals surface area (Å²) in [5.41, 5.74) is 3.93. The van der Waals surface area contributed by atoms with E-state index in [1.54, 1.807) is 23.0 Å². The van der Waals surface area contributed by atoms with Gasteiger partial charge >= 0.3 is 0 Å². The van der Waals surface area contributed by atoms with Crippen LogP contribution in [0.3, 0.4) is 0 Å². The van der Waals surface area contributed by atoms with Crippen molar-refractivity contribution in [2.24, 2.45) is 0 Å². The van der Waals surface area contributed by atoms with Gasteiger partial charge in [-0.25, -0.2) is 9.07 Å². The zero-order valence-electron chi connectivity index (χ0n) is 12.9. The van der Waals surface area contributed by atoms with Gasteiger partial charge in [0.05, 0.1) is 11.4 Å². The summed E-state index contributed by atoms with van der Waals surface area (Å²) in [7, 11) is 0. The summed E-state index contributed by atoms with van der Waals surface area (Å²) in [6.45, 7) is 6.51. The third kappa shape index (κ3) is 2.77. The second kappa shape index (κ2) is 5.37. The van der Waals surface area contributed by atoms with Gasteiger partial charge < -0.3 is 0 Å². The highest BCUT2D eigenvalue weighted by atomic mass is 19.1. The third-order valence-corrected chi connectivity index (χ3v) is 3.59. The summed E-state index contributed by atoms with van der Waals surface area (Å²) in [4.78, 5) is 4.23. The molecule has 4 heteroatoms. The number of hydrogen-bond acceptors (Lipinski definition) is 2. The Labute approximate surface area is 129 Å². The number of hydrogen-bond donors (Lipinski definition) is 0. The molecule has 0 saturated carbocycles. The highest BCUT2D eigenvalue weighted by molar-refractivity contribution is 5.64. The number of nitrogens with zero attached hydrogens (tertiary/aromatic N) is 3. The summed E-state index contributed by atoms with van der Waals surface area (Å²) in [6.07, 6.45) is 5.53. The molecular formula is C18H18FN3. The van der Waals surface area contributed by atoms with E-state index >= 15 is 0 Å². The van der Waals surface area contributed by atoms with E-state index in [4.69, 9.17) is 0 Å². The fourth-order valence-electron chi connectivity index (χ4n) is 2.46.